The van der Waals surface area contributed by atoms with E-state index in [-0.39, 0.29) is 11.3 Å². The smallest absolute Gasteiger partial charge is 0.255 e. The van der Waals surface area contributed by atoms with E-state index < -0.39 is 0 Å². The van der Waals surface area contributed by atoms with E-state index in [0.29, 0.717) is 10.8 Å². The number of hydrogen-bond acceptors (Lipinski definition) is 3. The van der Waals surface area contributed by atoms with E-state index in [1.54, 1.807) is 24.4 Å². The van der Waals surface area contributed by atoms with Crippen molar-refractivity contribution in [1.29, 1.82) is 0 Å². The SMILES string of the molecule is O=c1[nH]cc(-c2cccc(CN3CC=C(c4ccccc4)CC3)c2)c2c(O)cccc12. The van der Waals surface area contributed by atoms with Crippen LogP contribution in [0.1, 0.15) is 17.5 Å². The number of H-pyrrole nitrogens is 1. The summed E-state index contributed by atoms with van der Waals surface area (Å²) in [6, 6.07) is 24.0. The third-order valence-electron chi connectivity index (χ3n) is 5.99. The minimum atomic E-state index is -0.194. The molecule has 4 aromatic rings. The summed E-state index contributed by atoms with van der Waals surface area (Å²) in [5.41, 5.74) is 5.57. The average Bonchev–Trinajstić information content (AvgIpc) is 2.81. The molecule has 0 aliphatic carbocycles. The third-order valence-corrected chi connectivity index (χ3v) is 5.99. The summed E-state index contributed by atoms with van der Waals surface area (Å²) in [6.07, 6.45) is 5.07. The monoisotopic (exact) mass is 408 g/mol. The fourth-order valence-corrected chi connectivity index (χ4v) is 4.39. The zero-order valence-corrected chi connectivity index (χ0v) is 17.2. The Morgan fingerprint density at radius 1 is 0.935 bits per heavy atom. The number of hydrogen-bond donors (Lipinski definition) is 2. The topological polar surface area (TPSA) is 56.3 Å². The number of nitrogens with zero attached hydrogens (tertiary/aromatic N) is 1. The minimum Gasteiger partial charge on any atom is -0.507 e. The lowest BCUT2D eigenvalue weighted by atomic mass is 9.97. The predicted molar refractivity (Wildman–Crippen MR) is 126 cm³/mol. The second-order valence-corrected chi connectivity index (χ2v) is 8.01. The van der Waals surface area contributed by atoms with Crippen LogP contribution in [0.25, 0.3) is 27.5 Å². The zero-order chi connectivity index (χ0) is 21.2. The first-order chi connectivity index (χ1) is 15.2. The Balaban J connectivity index is 1.40. The maximum atomic E-state index is 12.2. The molecule has 2 heterocycles. The van der Waals surface area contributed by atoms with Gasteiger partial charge in [0.1, 0.15) is 5.75 Å². The van der Waals surface area contributed by atoms with E-state index in [1.165, 1.54) is 16.7 Å². The van der Waals surface area contributed by atoms with Crippen LogP contribution in [-0.2, 0) is 6.54 Å². The van der Waals surface area contributed by atoms with Crippen molar-refractivity contribution in [2.45, 2.75) is 13.0 Å². The van der Waals surface area contributed by atoms with Crippen LogP contribution in [0.2, 0.25) is 0 Å². The molecule has 0 unspecified atom stereocenters. The van der Waals surface area contributed by atoms with Gasteiger partial charge in [-0.2, -0.15) is 0 Å². The van der Waals surface area contributed by atoms with Gasteiger partial charge in [-0.1, -0.05) is 60.7 Å². The Bertz CT molecular complexity index is 1320. The number of aromatic nitrogens is 1. The molecule has 2 N–H and O–H groups in total. The Hall–Kier alpha value is -3.63. The van der Waals surface area contributed by atoms with Crippen molar-refractivity contribution in [2.75, 3.05) is 13.1 Å². The van der Waals surface area contributed by atoms with Gasteiger partial charge in [0, 0.05) is 36.8 Å². The van der Waals surface area contributed by atoms with Crippen LogP contribution >= 0.6 is 0 Å². The summed E-state index contributed by atoms with van der Waals surface area (Å²) < 4.78 is 0. The standard InChI is InChI=1S/C27H24N2O2/c30-25-11-5-10-23-26(25)24(17-28-27(23)31)22-9-4-6-19(16-22)18-29-14-12-21(13-15-29)20-7-2-1-3-8-20/h1-12,16-17,30H,13-15,18H2,(H,28,31). The number of aromatic amines is 1. The molecule has 0 amide bonds. The molecule has 0 saturated carbocycles. The number of aromatic hydroxyl groups is 1. The molecule has 1 aliphatic rings. The molecule has 154 valence electrons. The molecule has 3 aromatic carbocycles. The third kappa shape index (κ3) is 3.90. The highest BCUT2D eigenvalue weighted by Gasteiger charge is 2.15. The molecule has 0 spiro atoms. The van der Waals surface area contributed by atoms with Gasteiger partial charge in [-0.05, 0) is 46.9 Å². The van der Waals surface area contributed by atoms with Gasteiger partial charge in [0.15, 0.2) is 0 Å². The van der Waals surface area contributed by atoms with E-state index >= 15 is 0 Å². The summed E-state index contributed by atoms with van der Waals surface area (Å²) in [5.74, 6) is 0.124. The normalized spacial score (nSPS) is 14.5. The number of rotatable bonds is 4. The first kappa shape index (κ1) is 19.3. The lowest BCUT2D eigenvalue weighted by Crippen LogP contribution is -2.28. The van der Waals surface area contributed by atoms with Crippen LogP contribution in [0.3, 0.4) is 0 Å². The molecular weight excluding hydrogens is 384 g/mol. The number of pyridine rings is 1. The molecule has 0 atom stereocenters. The van der Waals surface area contributed by atoms with E-state index in [9.17, 15) is 9.90 Å². The van der Waals surface area contributed by atoms with Crippen molar-refractivity contribution in [3.63, 3.8) is 0 Å². The first-order valence-electron chi connectivity index (χ1n) is 10.6. The molecular formula is C27H24N2O2. The van der Waals surface area contributed by atoms with E-state index in [4.69, 9.17) is 0 Å². The molecule has 31 heavy (non-hydrogen) atoms. The number of fused-ring (bicyclic) bond motifs is 1. The Kier molecular flexibility index (Phi) is 5.14. The second kappa shape index (κ2) is 8.25. The van der Waals surface area contributed by atoms with Gasteiger partial charge in [0.2, 0.25) is 0 Å². The highest BCUT2D eigenvalue weighted by Crippen LogP contribution is 2.33. The Labute approximate surface area is 181 Å². The van der Waals surface area contributed by atoms with Crippen molar-refractivity contribution in [3.05, 3.63) is 107 Å². The van der Waals surface area contributed by atoms with Crippen molar-refractivity contribution in [3.8, 4) is 16.9 Å². The van der Waals surface area contributed by atoms with Gasteiger partial charge in [-0.3, -0.25) is 9.69 Å². The number of nitrogens with one attached hydrogen (secondary N) is 1. The Morgan fingerprint density at radius 3 is 2.55 bits per heavy atom. The van der Waals surface area contributed by atoms with Crippen molar-refractivity contribution < 1.29 is 5.11 Å². The van der Waals surface area contributed by atoms with Gasteiger partial charge >= 0.3 is 0 Å². The van der Waals surface area contributed by atoms with Crippen LogP contribution in [-0.4, -0.2) is 28.1 Å². The van der Waals surface area contributed by atoms with Gasteiger partial charge in [0.25, 0.3) is 5.56 Å². The zero-order valence-electron chi connectivity index (χ0n) is 17.2. The molecule has 1 aromatic heterocycles. The van der Waals surface area contributed by atoms with Gasteiger partial charge < -0.3 is 10.1 Å². The summed E-state index contributed by atoms with van der Waals surface area (Å²) in [4.78, 5) is 17.4. The summed E-state index contributed by atoms with van der Waals surface area (Å²) in [7, 11) is 0. The molecule has 0 saturated heterocycles. The molecule has 0 radical (unpaired) electrons. The van der Waals surface area contributed by atoms with Crippen molar-refractivity contribution >= 4 is 16.3 Å². The number of phenols is 1. The van der Waals surface area contributed by atoms with E-state index in [1.807, 2.05) is 12.1 Å². The highest BCUT2D eigenvalue weighted by molar-refractivity contribution is 5.99. The molecule has 4 nitrogen and oxygen atoms in total. The summed E-state index contributed by atoms with van der Waals surface area (Å²) >= 11 is 0. The Morgan fingerprint density at radius 2 is 1.74 bits per heavy atom. The minimum absolute atomic E-state index is 0.124. The van der Waals surface area contributed by atoms with Gasteiger partial charge in [0.05, 0.1) is 5.39 Å². The van der Waals surface area contributed by atoms with Crippen LogP contribution < -0.4 is 5.56 Å². The molecule has 4 heteroatoms. The van der Waals surface area contributed by atoms with Crippen LogP contribution in [0.4, 0.5) is 0 Å². The molecule has 5 rings (SSSR count). The van der Waals surface area contributed by atoms with Crippen molar-refractivity contribution in [2.24, 2.45) is 0 Å². The maximum absolute atomic E-state index is 12.2. The molecule has 0 bridgehead atoms. The quantitative estimate of drug-likeness (QED) is 0.489. The fraction of sp³-hybridized carbons (Fsp3) is 0.148. The second-order valence-electron chi connectivity index (χ2n) is 8.01. The van der Waals surface area contributed by atoms with E-state index in [2.05, 4.69) is 58.4 Å². The van der Waals surface area contributed by atoms with Crippen LogP contribution in [0, 0.1) is 0 Å². The van der Waals surface area contributed by atoms with Gasteiger partial charge in [-0.25, -0.2) is 0 Å². The maximum Gasteiger partial charge on any atom is 0.255 e. The molecule has 0 fully saturated rings. The first-order valence-corrected chi connectivity index (χ1v) is 10.6. The van der Waals surface area contributed by atoms with Crippen LogP contribution in [0.5, 0.6) is 5.75 Å². The average molecular weight is 409 g/mol. The summed E-state index contributed by atoms with van der Waals surface area (Å²) in [5, 5.41) is 11.5. The fourth-order valence-electron chi connectivity index (χ4n) is 4.39. The lowest BCUT2D eigenvalue weighted by molar-refractivity contribution is 0.294. The number of benzene rings is 3. The number of phenolic OH excluding ortho intramolecular Hbond substituents is 1. The van der Waals surface area contributed by atoms with Crippen LogP contribution in [0.15, 0.2) is 89.9 Å². The predicted octanol–water partition coefficient (Wildman–Crippen LogP) is 5.19. The van der Waals surface area contributed by atoms with Crippen molar-refractivity contribution in [1.82, 2.24) is 9.88 Å². The molecule has 1 aliphatic heterocycles. The highest BCUT2D eigenvalue weighted by atomic mass is 16.3. The lowest BCUT2D eigenvalue weighted by Gasteiger charge is -2.26. The summed E-state index contributed by atoms with van der Waals surface area (Å²) in [6.45, 7) is 2.81. The van der Waals surface area contributed by atoms with E-state index in [0.717, 1.165) is 37.2 Å². The van der Waals surface area contributed by atoms with Gasteiger partial charge in [-0.15, -0.1) is 0 Å². The largest absolute Gasteiger partial charge is 0.507 e.